The van der Waals surface area contributed by atoms with E-state index in [1.807, 2.05) is 0 Å². The maximum atomic E-state index is 9.37. The maximum absolute atomic E-state index is 9.37. The molecule has 0 aromatic heterocycles. The molecule has 1 unspecified atom stereocenters. The molecule has 4 heteroatoms. The number of aliphatic hydroxyl groups is 1. The average Bonchev–Trinajstić information content (AvgIpc) is 2.20. The molecule has 1 fully saturated rings. The highest BCUT2D eigenvalue weighted by Crippen LogP contribution is 2.12. The van der Waals surface area contributed by atoms with Crippen LogP contribution in [0.3, 0.4) is 0 Å². The van der Waals surface area contributed by atoms with Crippen molar-refractivity contribution in [2.75, 3.05) is 40.0 Å². The van der Waals surface area contributed by atoms with Crippen molar-refractivity contribution in [3.63, 3.8) is 0 Å². The molecule has 0 radical (unpaired) electrons. The molecule has 0 aromatic rings. The summed E-state index contributed by atoms with van der Waals surface area (Å²) in [5.41, 5.74) is 0. The van der Waals surface area contributed by atoms with E-state index < -0.39 is 0 Å². The summed E-state index contributed by atoms with van der Waals surface area (Å²) in [4.78, 5) is 0. The summed E-state index contributed by atoms with van der Waals surface area (Å²) in [6.07, 6.45) is 1.88. The third-order valence-corrected chi connectivity index (χ3v) is 2.51. The van der Waals surface area contributed by atoms with Crippen LogP contribution in [-0.4, -0.2) is 51.2 Å². The van der Waals surface area contributed by atoms with Crippen LogP contribution in [0.2, 0.25) is 0 Å². The molecule has 14 heavy (non-hydrogen) atoms. The lowest BCUT2D eigenvalue weighted by Crippen LogP contribution is -2.34. The summed E-state index contributed by atoms with van der Waals surface area (Å²) >= 11 is 0. The minimum Gasteiger partial charge on any atom is -0.389 e. The first kappa shape index (κ1) is 11.9. The molecule has 0 aliphatic carbocycles. The number of aliphatic hydroxyl groups excluding tert-OH is 1. The Morgan fingerprint density at radius 2 is 2.21 bits per heavy atom. The number of nitrogens with one attached hydrogen (secondary N) is 1. The average molecular weight is 203 g/mol. The third-order valence-electron chi connectivity index (χ3n) is 2.51. The lowest BCUT2D eigenvalue weighted by atomic mass is 10.0. The summed E-state index contributed by atoms with van der Waals surface area (Å²) in [6, 6.07) is 0. The summed E-state index contributed by atoms with van der Waals surface area (Å²) in [5.74, 6) is 0.707. The van der Waals surface area contributed by atoms with Crippen LogP contribution in [0.25, 0.3) is 0 Å². The van der Waals surface area contributed by atoms with Crippen molar-refractivity contribution in [2.45, 2.75) is 18.9 Å². The Morgan fingerprint density at radius 1 is 1.50 bits per heavy atom. The Kier molecular flexibility index (Phi) is 6.10. The number of hydrogen-bond donors (Lipinski definition) is 2. The molecule has 0 spiro atoms. The van der Waals surface area contributed by atoms with E-state index in [1.54, 1.807) is 7.11 Å². The summed E-state index contributed by atoms with van der Waals surface area (Å²) in [7, 11) is 1.60. The van der Waals surface area contributed by atoms with Crippen molar-refractivity contribution in [1.29, 1.82) is 0 Å². The monoisotopic (exact) mass is 203 g/mol. The standard InChI is InChI=1S/C10H21NO3/c1-13-8-10(12)7-11-6-9-2-4-14-5-3-9/h9-12H,2-8H2,1H3. The quantitative estimate of drug-likeness (QED) is 0.638. The van der Waals surface area contributed by atoms with E-state index in [1.165, 1.54) is 0 Å². The Hall–Kier alpha value is -0.160. The van der Waals surface area contributed by atoms with Gasteiger partial charge in [0.25, 0.3) is 0 Å². The molecular weight excluding hydrogens is 182 g/mol. The van der Waals surface area contributed by atoms with Gasteiger partial charge in [0.2, 0.25) is 0 Å². The van der Waals surface area contributed by atoms with Crippen LogP contribution in [-0.2, 0) is 9.47 Å². The molecule has 0 saturated carbocycles. The van der Waals surface area contributed by atoms with E-state index in [0.29, 0.717) is 19.1 Å². The van der Waals surface area contributed by atoms with Gasteiger partial charge in [-0.15, -0.1) is 0 Å². The topological polar surface area (TPSA) is 50.7 Å². The zero-order valence-corrected chi connectivity index (χ0v) is 8.87. The van der Waals surface area contributed by atoms with Gasteiger partial charge in [-0.25, -0.2) is 0 Å². The first-order valence-electron chi connectivity index (χ1n) is 5.28. The van der Waals surface area contributed by atoms with Gasteiger partial charge >= 0.3 is 0 Å². The van der Waals surface area contributed by atoms with Crippen molar-refractivity contribution >= 4 is 0 Å². The molecule has 84 valence electrons. The summed E-state index contributed by atoms with van der Waals surface area (Å²) in [6.45, 7) is 3.76. The van der Waals surface area contributed by atoms with E-state index in [9.17, 15) is 5.11 Å². The zero-order valence-electron chi connectivity index (χ0n) is 8.87. The van der Waals surface area contributed by atoms with Gasteiger partial charge in [0.1, 0.15) is 0 Å². The van der Waals surface area contributed by atoms with E-state index in [4.69, 9.17) is 9.47 Å². The second kappa shape index (κ2) is 7.17. The van der Waals surface area contributed by atoms with E-state index in [0.717, 1.165) is 32.6 Å². The van der Waals surface area contributed by atoms with Crippen molar-refractivity contribution in [3.8, 4) is 0 Å². The molecule has 2 N–H and O–H groups in total. The van der Waals surface area contributed by atoms with E-state index in [2.05, 4.69) is 5.32 Å². The van der Waals surface area contributed by atoms with E-state index in [-0.39, 0.29) is 6.10 Å². The molecule has 0 amide bonds. The Morgan fingerprint density at radius 3 is 2.86 bits per heavy atom. The lowest BCUT2D eigenvalue weighted by molar-refractivity contribution is 0.0543. The lowest BCUT2D eigenvalue weighted by Gasteiger charge is -2.22. The zero-order chi connectivity index (χ0) is 10.2. The highest BCUT2D eigenvalue weighted by atomic mass is 16.5. The van der Waals surface area contributed by atoms with Crippen LogP contribution in [0.15, 0.2) is 0 Å². The van der Waals surface area contributed by atoms with Crippen molar-refractivity contribution in [2.24, 2.45) is 5.92 Å². The van der Waals surface area contributed by atoms with Crippen LogP contribution < -0.4 is 5.32 Å². The minimum absolute atomic E-state index is 0.389. The van der Waals surface area contributed by atoms with Crippen molar-refractivity contribution in [3.05, 3.63) is 0 Å². The third kappa shape index (κ3) is 4.91. The smallest absolute Gasteiger partial charge is 0.0897 e. The van der Waals surface area contributed by atoms with Crippen LogP contribution in [0.4, 0.5) is 0 Å². The Labute approximate surface area is 85.6 Å². The summed E-state index contributed by atoms with van der Waals surface area (Å²) < 4.78 is 10.1. The molecule has 1 heterocycles. The molecule has 1 saturated heterocycles. The van der Waals surface area contributed by atoms with Gasteiger partial charge in [0, 0.05) is 26.9 Å². The predicted octanol–water partition coefficient (Wildman–Crippen LogP) is 0.00990. The normalized spacial score (nSPS) is 21.0. The molecule has 1 atom stereocenters. The molecule has 0 bridgehead atoms. The van der Waals surface area contributed by atoms with E-state index >= 15 is 0 Å². The molecule has 4 nitrogen and oxygen atoms in total. The maximum Gasteiger partial charge on any atom is 0.0897 e. The van der Waals surface area contributed by atoms with Gasteiger partial charge in [-0.2, -0.15) is 0 Å². The second-order valence-corrected chi connectivity index (χ2v) is 3.82. The molecular formula is C10H21NO3. The highest BCUT2D eigenvalue weighted by molar-refractivity contribution is 4.67. The Balaban J connectivity index is 1.96. The minimum atomic E-state index is -0.389. The van der Waals surface area contributed by atoms with Crippen molar-refractivity contribution < 1.29 is 14.6 Å². The van der Waals surface area contributed by atoms with Gasteiger partial charge < -0.3 is 19.9 Å². The molecule has 1 aliphatic rings. The first-order valence-corrected chi connectivity index (χ1v) is 5.28. The summed E-state index contributed by atoms with van der Waals surface area (Å²) in [5, 5.41) is 12.6. The molecule has 1 rings (SSSR count). The number of rotatable bonds is 6. The van der Waals surface area contributed by atoms with Crippen LogP contribution in [0.1, 0.15) is 12.8 Å². The molecule has 0 aromatic carbocycles. The van der Waals surface area contributed by atoms with Crippen LogP contribution >= 0.6 is 0 Å². The molecule has 1 aliphatic heterocycles. The fourth-order valence-corrected chi connectivity index (χ4v) is 1.66. The largest absolute Gasteiger partial charge is 0.389 e. The van der Waals surface area contributed by atoms with Crippen LogP contribution in [0.5, 0.6) is 0 Å². The van der Waals surface area contributed by atoms with Crippen molar-refractivity contribution in [1.82, 2.24) is 5.32 Å². The van der Waals surface area contributed by atoms with Gasteiger partial charge in [0.15, 0.2) is 0 Å². The van der Waals surface area contributed by atoms with Crippen LogP contribution in [0, 0.1) is 5.92 Å². The fourth-order valence-electron chi connectivity index (χ4n) is 1.66. The fraction of sp³-hybridized carbons (Fsp3) is 1.00. The first-order chi connectivity index (χ1) is 6.83. The predicted molar refractivity (Wildman–Crippen MR) is 54.3 cm³/mol. The number of hydrogen-bond acceptors (Lipinski definition) is 4. The second-order valence-electron chi connectivity index (χ2n) is 3.82. The van der Waals surface area contributed by atoms with Gasteiger partial charge in [-0.05, 0) is 25.3 Å². The number of methoxy groups -OCH3 is 1. The van der Waals surface area contributed by atoms with Gasteiger partial charge in [-0.1, -0.05) is 0 Å². The number of ether oxygens (including phenoxy) is 2. The van der Waals surface area contributed by atoms with Gasteiger partial charge in [0.05, 0.1) is 12.7 Å². The van der Waals surface area contributed by atoms with Gasteiger partial charge in [-0.3, -0.25) is 0 Å². The Bertz CT molecular complexity index is 137. The highest BCUT2D eigenvalue weighted by Gasteiger charge is 2.13. The SMILES string of the molecule is COCC(O)CNCC1CCOCC1.